The van der Waals surface area contributed by atoms with Crippen LogP contribution < -0.4 is 0 Å². The van der Waals surface area contributed by atoms with Crippen molar-refractivity contribution in [2.24, 2.45) is 0 Å². The van der Waals surface area contributed by atoms with E-state index in [1.54, 1.807) is 12.1 Å². The Morgan fingerprint density at radius 1 is 1.12 bits per heavy atom. The van der Waals surface area contributed by atoms with Crippen molar-refractivity contribution in [1.29, 1.82) is 0 Å². The van der Waals surface area contributed by atoms with E-state index in [1.807, 2.05) is 0 Å². The maximum atomic E-state index is 12.6. The minimum absolute atomic E-state index is 0.143. The second-order valence-corrected chi connectivity index (χ2v) is 4.97. The lowest BCUT2D eigenvalue weighted by Gasteiger charge is -2.03. The maximum Gasteiger partial charge on any atom is 0.454 e. The molecule has 0 aliphatic heterocycles. The number of hydrogen-bond donors (Lipinski definition) is 1. The van der Waals surface area contributed by atoms with E-state index < -0.39 is 17.5 Å². The van der Waals surface area contributed by atoms with Gasteiger partial charge >= 0.3 is 6.18 Å². The minimum Gasteiger partial charge on any atom is -0.461 e. The van der Waals surface area contributed by atoms with Crippen LogP contribution >= 0.6 is 0 Å². The van der Waals surface area contributed by atoms with Crippen molar-refractivity contribution in [3.05, 3.63) is 65.8 Å². The van der Waals surface area contributed by atoms with E-state index in [1.165, 1.54) is 36.6 Å². The number of benzene rings is 1. The van der Waals surface area contributed by atoms with E-state index in [-0.39, 0.29) is 16.9 Å². The van der Waals surface area contributed by atoms with Crippen LogP contribution in [0.25, 0.3) is 17.0 Å². The van der Waals surface area contributed by atoms with Crippen LogP contribution in [0.15, 0.2) is 53.3 Å². The van der Waals surface area contributed by atoms with Crippen molar-refractivity contribution in [1.82, 2.24) is 4.98 Å². The van der Waals surface area contributed by atoms with Crippen LogP contribution in [0, 0.1) is 0 Å². The zero-order chi connectivity index (χ0) is 17.3. The van der Waals surface area contributed by atoms with Gasteiger partial charge in [-0.3, -0.25) is 9.59 Å². The Morgan fingerprint density at radius 3 is 2.58 bits per heavy atom. The molecule has 0 amide bonds. The average Bonchev–Trinajstić information content (AvgIpc) is 3.20. The molecule has 24 heavy (non-hydrogen) atoms. The van der Waals surface area contributed by atoms with Crippen LogP contribution in [0.4, 0.5) is 13.2 Å². The molecule has 0 unspecified atom stereocenters. The molecule has 2 heterocycles. The van der Waals surface area contributed by atoms with Crippen LogP contribution in [-0.4, -0.2) is 22.7 Å². The molecule has 1 aromatic carbocycles. The van der Waals surface area contributed by atoms with Crippen LogP contribution in [0.2, 0.25) is 0 Å². The molecule has 0 saturated carbocycles. The lowest BCUT2D eigenvalue weighted by molar-refractivity contribution is -0.0884. The van der Waals surface area contributed by atoms with Crippen molar-refractivity contribution in [3.63, 3.8) is 0 Å². The van der Waals surface area contributed by atoms with Gasteiger partial charge in [-0.25, -0.2) is 0 Å². The lowest BCUT2D eigenvalue weighted by Crippen LogP contribution is -2.22. The zero-order valence-electron chi connectivity index (χ0n) is 12.1. The molecule has 3 aromatic rings. The predicted molar refractivity (Wildman–Crippen MR) is 80.8 cm³/mol. The third kappa shape index (κ3) is 2.88. The summed E-state index contributed by atoms with van der Waals surface area (Å²) in [5, 5.41) is 0.143. The topological polar surface area (TPSA) is 63.1 Å². The molecule has 0 saturated heterocycles. The van der Waals surface area contributed by atoms with Gasteiger partial charge in [0.2, 0.25) is 5.78 Å². The average molecular weight is 333 g/mol. The number of alkyl halides is 3. The van der Waals surface area contributed by atoms with Gasteiger partial charge in [0.25, 0.3) is 5.78 Å². The number of rotatable bonds is 4. The third-order valence-electron chi connectivity index (χ3n) is 3.43. The molecule has 1 N–H and O–H groups in total. The highest BCUT2D eigenvalue weighted by Crippen LogP contribution is 2.28. The second kappa shape index (κ2) is 5.84. The highest BCUT2D eigenvalue weighted by molar-refractivity contribution is 6.12. The number of hydrogen-bond acceptors (Lipinski definition) is 3. The fourth-order valence-corrected chi connectivity index (χ4v) is 2.32. The Morgan fingerprint density at radius 2 is 1.92 bits per heavy atom. The molecule has 0 bridgehead atoms. The molecule has 7 heteroatoms. The molecule has 3 rings (SSSR count). The fourth-order valence-electron chi connectivity index (χ4n) is 2.32. The van der Waals surface area contributed by atoms with Gasteiger partial charge < -0.3 is 9.40 Å². The second-order valence-electron chi connectivity index (χ2n) is 4.97. The van der Waals surface area contributed by atoms with Gasteiger partial charge in [0.1, 0.15) is 0 Å². The van der Waals surface area contributed by atoms with Gasteiger partial charge in [0.05, 0.1) is 17.3 Å². The van der Waals surface area contributed by atoms with Gasteiger partial charge in [-0.15, -0.1) is 0 Å². The Balaban J connectivity index is 1.97. The summed E-state index contributed by atoms with van der Waals surface area (Å²) in [5.74, 6) is -2.14. The molecule has 0 fully saturated rings. The molecule has 0 radical (unpaired) electrons. The van der Waals surface area contributed by atoms with Crippen LogP contribution in [0.3, 0.4) is 0 Å². The first-order valence-corrected chi connectivity index (χ1v) is 6.85. The Bertz CT molecular complexity index is 934. The normalized spacial score (nSPS) is 12.1. The number of halogens is 3. The number of furan rings is 1. The molecule has 4 nitrogen and oxygen atoms in total. The predicted octanol–water partition coefficient (Wildman–Crippen LogP) is 4.40. The molecular formula is C17H10F3NO3. The Kier molecular flexibility index (Phi) is 3.84. The monoisotopic (exact) mass is 333 g/mol. The van der Waals surface area contributed by atoms with Crippen molar-refractivity contribution >= 4 is 28.5 Å². The number of aromatic nitrogens is 1. The number of allylic oxidation sites excluding steroid dienone is 1. The lowest BCUT2D eigenvalue weighted by atomic mass is 10.1. The van der Waals surface area contributed by atoms with E-state index in [0.717, 1.165) is 6.20 Å². The van der Waals surface area contributed by atoms with E-state index in [9.17, 15) is 22.8 Å². The summed E-state index contributed by atoms with van der Waals surface area (Å²) in [7, 11) is 0. The smallest absolute Gasteiger partial charge is 0.454 e. The number of H-pyrrole nitrogens is 1. The summed E-state index contributed by atoms with van der Waals surface area (Å²) in [5.41, 5.74) is 0.368. The number of ketones is 2. The van der Waals surface area contributed by atoms with Crippen molar-refractivity contribution in [3.8, 4) is 0 Å². The van der Waals surface area contributed by atoms with Gasteiger partial charge in [-0.2, -0.15) is 13.2 Å². The van der Waals surface area contributed by atoms with Gasteiger partial charge in [0, 0.05) is 11.6 Å². The first kappa shape index (κ1) is 15.8. The summed E-state index contributed by atoms with van der Waals surface area (Å²) >= 11 is 0. The number of Topliss-reactive ketones (excluding diaryl/α,β-unsaturated/α-hetero) is 1. The van der Waals surface area contributed by atoms with E-state index in [0.29, 0.717) is 11.1 Å². The first-order valence-electron chi connectivity index (χ1n) is 6.85. The Labute approximate surface area is 133 Å². The maximum absolute atomic E-state index is 12.6. The van der Waals surface area contributed by atoms with E-state index in [2.05, 4.69) is 4.98 Å². The highest BCUT2D eigenvalue weighted by Gasteiger charge is 2.40. The van der Waals surface area contributed by atoms with Crippen molar-refractivity contribution in [2.45, 2.75) is 6.18 Å². The van der Waals surface area contributed by atoms with Crippen LogP contribution in [0.5, 0.6) is 0 Å². The Hall–Kier alpha value is -3.09. The zero-order valence-corrected chi connectivity index (χ0v) is 12.1. The van der Waals surface area contributed by atoms with E-state index >= 15 is 0 Å². The number of aromatic amines is 1. The molecule has 122 valence electrons. The third-order valence-corrected chi connectivity index (χ3v) is 3.43. The van der Waals surface area contributed by atoms with Crippen LogP contribution in [-0.2, 0) is 0 Å². The quantitative estimate of drug-likeness (QED) is 0.568. The van der Waals surface area contributed by atoms with Crippen molar-refractivity contribution < 1.29 is 27.2 Å². The number of para-hydroxylation sites is 1. The number of carbonyl (C=O) groups excluding carboxylic acids is 2. The molecule has 0 aliphatic carbocycles. The fraction of sp³-hybridized carbons (Fsp3) is 0.0588. The SMILES string of the molecule is O=C(/C=C/c1cccc2c(C(=O)C(F)(F)F)c[nH]c12)c1ccco1. The van der Waals surface area contributed by atoms with E-state index in [4.69, 9.17) is 4.42 Å². The number of nitrogens with one attached hydrogen (secondary N) is 1. The first-order chi connectivity index (χ1) is 11.4. The molecular weight excluding hydrogens is 323 g/mol. The summed E-state index contributed by atoms with van der Waals surface area (Å²) in [6.45, 7) is 0. The standard InChI is InChI=1S/C17H10F3NO3/c18-17(19,20)16(23)12-9-21-15-10(3-1-4-11(12)15)6-7-13(22)14-5-2-8-24-14/h1-9,21H/b7-6+. The summed E-state index contributed by atoms with van der Waals surface area (Å²) in [4.78, 5) is 26.0. The van der Waals surface area contributed by atoms with Crippen molar-refractivity contribution in [2.75, 3.05) is 0 Å². The van der Waals surface area contributed by atoms with Gasteiger partial charge in [-0.05, 0) is 29.8 Å². The number of carbonyl (C=O) groups is 2. The highest BCUT2D eigenvalue weighted by atomic mass is 19.4. The summed E-state index contributed by atoms with van der Waals surface area (Å²) in [6, 6.07) is 7.62. The largest absolute Gasteiger partial charge is 0.461 e. The molecule has 0 aliphatic rings. The molecule has 2 aromatic heterocycles. The molecule has 0 spiro atoms. The minimum atomic E-state index is -4.95. The van der Waals surface area contributed by atoms with Crippen LogP contribution in [0.1, 0.15) is 26.5 Å². The summed E-state index contributed by atoms with van der Waals surface area (Å²) in [6.07, 6.45) is 0.134. The summed E-state index contributed by atoms with van der Waals surface area (Å²) < 4.78 is 42.8. The molecule has 0 atom stereocenters. The van der Waals surface area contributed by atoms with Gasteiger partial charge in [0.15, 0.2) is 5.76 Å². The number of fused-ring (bicyclic) bond motifs is 1. The van der Waals surface area contributed by atoms with Gasteiger partial charge in [-0.1, -0.05) is 18.2 Å².